The number of hydrogen-bond donors (Lipinski definition) is 2. The number of pyridine rings is 1. The summed E-state index contributed by atoms with van der Waals surface area (Å²) in [7, 11) is 0. The van der Waals surface area contributed by atoms with Crippen LogP contribution in [0.2, 0.25) is 0 Å². The third kappa shape index (κ3) is 1.41. The van der Waals surface area contributed by atoms with Crippen LogP contribution in [0.5, 0.6) is 0 Å². The zero-order valence-electron chi connectivity index (χ0n) is 5.77. The molecule has 0 spiro atoms. The van der Waals surface area contributed by atoms with E-state index in [0.29, 0.717) is 6.20 Å². The van der Waals surface area contributed by atoms with Gasteiger partial charge in [-0.3, -0.25) is 4.79 Å². The first-order valence-corrected chi connectivity index (χ1v) is 2.96. The molecule has 3 N–H and O–H groups in total. The smallest absolute Gasteiger partial charge is 0.394 e. The van der Waals surface area contributed by atoms with Gasteiger partial charge in [-0.2, -0.15) is 13.2 Å². The van der Waals surface area contributed by atoms with E-state index in [1.165, 1.54) is 0 Å². The number of alkyl halides is 3. The van der Waals surface area contributed by atoms with Crippen molar-refractivity contribution in [3.63, 3.8) is 0 Å². The number of halogens is 3. The van der Waals surface area contributed by atoms with Gasteiger partial charge in [0.1, 0.15) is 5.56 Å². The summed E-state index contributed by atoms with van der Waals surface area (Å²) in [6.45, 7) is 0. The molecule has 1 heterocycles. The average Bonchev–Trinajstić information content (AvgIpc) is 1.92. The Labute approximate surface area is 65.0 Å². The highest BCUT2D eigenvalue weighted by Gasteiger charge is 2.34. The number of anilines is 1. The van der Waals surface area contributed by atoms with Crippen molar-refractivity contribution in [3.8, 4) is 0 Å². The molecule has 0 aromatic carbocycles. The van der Waals surface area contributed by atoms with Gasteiger partial charge < -0.3 is 10.7 Å². The quantitative estimate of drug-likeness (QED) is 0.622. The Morgan fingerprint density at radius 2 is 1.92 bits per heavy atom. The normalized spacial score (nSPS) is 11.6. The van der Waals surface area contributed by atoms with Crippen molar-refractivity contribution in [2.75, 3.05) is 5.73 Å². The summed E-state index contributed by atoms with van der Waals surface area (Å²) >= 11 is 0. The molecule has 0 atom stereocenters. The Morgan fingerprint density at radius 1 is 1.33 bits per heavy atom. The summed E-state index contributed by atoms with van der Waals surface area (Å²) < 4.78 is 35.9. The molecule has 0 aliphatic heterocycles. The standard InChI is InChI=1S/C6H5F3N2O/c7-6(8,9)3-1-11-2-4(10)5(3)12/h1-2H,10H2,(H,11,12). The Balaban J connectivity index is 3.37. The largest absolute Gasteiger partial charge is 0.421 e. The van der Waals surface area contributed by atoms with E-state index in [1.807, 2.05) is 0 Å². The molecule has 1 rings (SSSR count). The fourth-order valence-electron chi connectivity index (χ4n) is 0.712. The molecule has 0 aliphatic carbocycles. The number of hydrogen-bond acceptors (Lipinski definition) is 2. The van der Waals surface area contributed by atoms with E-state index in [0.717, 1.165) is 6.20 Å². The third-order valence-corrected chi connectivity index (χ3v) is 1.28. The monoisotopic (exact) mass is 178 g/mol. The lowest BCUT2D eigenvalue weighted by Gasteiger charge is -2.04. The van der Waals surface area contributed by atoms with Crippen molar-refractivity contribution in [1.82, 2.24) is 4.98 Å². The van der Waals surface area contributed by atoms with Gasteiger partial charge in [0.25, 0.3) is 0 Å². The zero-order valence-corrected chi connectivity index (χ0v) is 5.77. The third-order valence-electron chi connectivity index (χ3n) is 1.28. The van der Waals surface area contributed by atoms with E-state index in [2.05, 4.69) is 4.98 Å². The number of aromatic nitrogens is 1. The molecular weight excluding hydrogens is 173 g/mol. The summed E-state index contributed by atoms with van der Waals surface area (Å²) in [6.07, 6.45) is -3.06. The lowest BCUT2D eigenvalue weighted by atomic mass is 10.2. The molecule has 3 nitrogen and oxygen atoms in total. The van der Waals surface area contributed by atoms with Crippen LogP contribution in [-0.2, 0) is 6.18 Å². The molecule has 0 unspecified atom stereocenters. The molecule has 0 saturated carbocycles. The molecule has 0 saturated heterocycles. The van der Waals surface area contributed by atoms with Gasteiger partial charge in [0.2, 0.25) is 5.43 Å². The van der Waals surface area contributed by atoms with E-state index in [4.69, 9.17) is 5.73 Å². The van der Waals surface area contributed by atoms with Crippen LogP contribution in [0.3, 0.4) is 0 Å². The van der Waals surface area contributed by atoms with Gasteiger partial charge in [-0.05, 0) is 0 Å². The highest BCUT2D eigenvalue weighted by Crippen LogP contribution is 2.26. The van der Waals surface area contributed by atoms with Gasteiger partial charge >= 0.3 is 6.18 Å². The van der Waals surface area contributed by atoms with Crippen molar-refractivity contribution < 1.29 is 13.2 Å². The summed E-state index contributed by atoms with van der Waals surface area (Å²) in [5, 5.41) is 0. The van der Waals surface area contributed by atoms with Gasteiger partial charge in [-0.25, -0.2) is 0 Å². The summed E-state index contributed by atoms with van der Waals surface area (Å²) in [4.78, 5) is 12.9. The molecule has 0 aliphatic rings. The summed E-state index contributed by atoms with van der Waals surface area (Å²) in [5.74, 6) is 0. The first kappa shape index (κ1) is 8.63. The molecule has 1 aromatic heterocycles. The van der Waals surface area contributed by atoms with E-state index >= 15 is 0 Å². The molecule has 66 valence electrons. The van der Waals surface area contributed by atoms with Gasteiger partial charge in [0.05, 0.1) is 5.69 Å². The van der Waals surface area contributed by atoms with Crippen molar-refractivity contribution in [2.24, 2.45) is 0 Å². The Bertz CT molecular complexity index is 341. The molecule has 0 fully saturated rings. The first-order valence-electron chi connectivity index (χ1n) is 2.96. The van der Waals surface area contributed by atoms with E-state index in [1.54, 1.807) is 0 Å². The molecule has 12 heavy (non-hydrogen) atoms. The van der Waals surface area contributed by atoms with Crippen LogP contribution in [0.4, 0.5) is 18.9 Å². The Morgan fingerprint density at radius 3 is 2.33 bits per heavy atom. The predicted octanol–water partition coefficient (Wildman–Crippen LogP) is 0.976. The van der Waals surface area contributed by atoms with Crippen molar-refractivity contribution in [3.05, 3.63) is 28.2 Å². The molecule has 0 bridgehead atoms. The number of nitrogens with one attached hydrogen (secondary N) is 1. The topological polar surface area (TPSA) is 58.9 Å². The predicted molar refractivity (Wildman–Crippen MR) is 36.5 cm³/mol. The minimum atomic E-state index is -4.65. The highest BCUT2D eigenvalue weighted by atomic mass is 19.4. The second-order valence-electron chi connectivity index (χ2n) is 2.15. The lowest BCUT2D eigenvalue weighted by Crippen LogP contribution is -2.21. The van der Waals surface area contributed by atoms with E-state index in [9.17, 15) is 18.0 Å². The van der Waals surface area contributed by atoms with Crippen LogP contribution in [0, 0.1) is 0 Å². The molecule has 0 amide bonds. The first-order chi connectivity index (χ1) is 5.43. The zero-order chi connectivity index (χ0) is 9.35. The Kier molecular flexibility index (Phi) is 1.83. The van der Waals surface area contributed by atoms with Crippen molar-refractivity contribution in [1.29, 1.82) is 0 Å². The van der Waals surface area contributed by atoms with Crippen LogP contribution >= 0.6 is 0 Å². The van der Waals surface area contributed by atoms with E-state index < -0.39 is 22.9 Å². The van der Waals surface area contributed by atoms with Crippen LogP contribution in [0.25, 0.3) is 0 Å². The van der Waals surface area contributed by atoms with Gasteiger partial charge in [0, 0.05) is 12.4 Å². The lowest BCUT2D eigenvalue weighted by molar-refractivity contribution is -0.138. The maximum atomic E-state index is 12.0. The molecular formula is C6H5F3N2O. The maximum Gasteiger partial charge on any atom is 0.421 e. The molecule has 6 heteroatoms. The Hall–Kier alpha value is -1.46. The fraction of sp³-hybridized carbons (Fsp3) is 0.167. The van der Waals surface area contributed by atoms with Gasteiger partial charge in [0.15, 0.2) is 0 Å². The van der Waals surface area contributed by atoms with Crippen molar-refractivity contribution >= 4 is 5.69 Å². The van der Waals surface area contributed by atoms with Crippen LogP contribution in [0.1, 0.15) is 5.56 Å². The number of rotatable bonds is 0. The summed E-state index contributed by atoms with van der Waals surface area (Å²) in [6, 6.07) is 0. The minimum Gasteiger partial charge on any atom is -0.394 e. The van der Waals surface area contributed by atoms with Crippen molar-refractivity contribution in [2.45, 2.75) is 6.18 Å². The fourth-order valence-corrected chi connectivity index (χ4v) is 0.712. The number of aromatic amines is 1. The van der Waals surface area contributed by atoms with Crippen LogP contribution < -0.4 is 11.2 Å². The van der Waals surface area contributed by atoms with Crippen LogP contribution in [-0.4, -0.2) is 4.98 Å². The molecule has 1 aromatic rings. The van der Waals surface area contributed by atoms with Gasteiger partial charge in [-0.15, -0.1) is 0 Å². The summed E-state index contributed by atoms with van der Waals surface area (Å²) in [5.41, 5.74) is 2.06. The van der Waals surface area contributed by atoms with Crippen LogP contribution in [0.15, 0.2) is 17.2 Å². The molecule has 0 radical (unpaired) electrons. The minimum absolute atomic E-state index is 0.440. The number of H-pyrrole nitrogens is 1. The second-order valence-corrected chi connectivity index (χ2v) is 2.15. The SMILES string of the molecule is Nc1c[nH]cc(C(F)(F)F)c1=O. The number of nitrogen functional groups attached to an aromatic ring is 1. The second kappa shape index (κ2) is 2.54. The maximum absolute atomic E-state index is 12.0. The van der Waals surface area contributed by atoms with Gasteiger partial charge in [-0.1, -0.05) is 0 Å². The van der Waals surface area contributed by atoms with E-state index in [-0.39, 0.29) is 0 Å². The number of nitrogens with two attached hydrogens (primary N) is 1. The highest BCUT2D eigenvalue weighted by molar-refractivity contribution is 5.38. The average molecular weight is 178 g/mol.